The lowest BCUT2D eigenvalue weighted by atomic mass is 10.1. The van der Waals surface area contributed by atoms with Crippen molar-refractivity contribution in [3.05, 3.63) is 0 Å². The summed E-state index contributed by atoms with van der Waals surface area (Å²) in [7, 11) is 2.06. The van der Waals surface area contributed by atoms with E-state index >= 15 is 0 Å². The minimum Gasteiger partial charge on any atom is -0.380 e. The maximum absolute atomic E-state index is 5.38. The van der Waals surface area contributed by atoms with E-state index in [4.69, 9.17) is 4.74 Å². The normalized spacial score (nSPS) is 13.3. The van der Waals surface area contributed by atoms with Gasteiger partial charge < -0.3 is 15.0 Å². The van der Waals surface area contributed by atoms with Crippen molar-refractivity contribution in [3.8, 4) is 0 Å². The fourth-order valence-corrected chi connectivity index (χ4v) is 1.88. The summed E-state index contributed by atoms with van der Waals surface area (Å²) < 4.78 is 5.38. The summed E-state index contributed by atoms with van der Waals surface area (Å²) in [5, 5.41) is 3.35. The Balaban J connectivity index is 3.53. The summed E-state index contributed by atoms with van der Waals surface area (Å²) in [6.07, 6.45) is 3.78. The van der Waals surface area contributed by atoms with Crippen molar-refractivity contribution in [2.24, 2.45) is 0 Å². The van der Waals surface area contributed by atoms with Gasteiger partial charge in [0.05, 0.1) is 6.61 Å². The lowest BCUT2D eigenvalue weighted by molar-refractivity contribution is 0.114. The molecule has 0 saturated heterocycles. The van der Waals surface area contributed by atoms with Gasteiger partial charge in [-0.15, -0.1) is 0 Å². The van der Waals surface area contributed by atoms with Gasteiger partial charge in [-0.1, -0.05) is 13.8 Å². The molecule has 0 saturated carbocycles. The van der Waals surface area contributed by atoms with Crippen molar-refractivity contribution < 1.29 is 4.74 Å². The third-order valence-corrected chi connectivity index (χ3v) is 3.13. The van der Waals surface area contributed by atoms with Gasteiger partial charge in [-0.2, -0.15) is 0 Å². The molecule has 0 aromatic carbocycles. The predicted molar refractivity (Wildman–Crippen MR) is 71.0 cm³/mol. The van der Waals surface area contributed by atoms with E-state index in [-0.39, 0.29) is 0 Å². The standard InChI is InChI=1S/C13H30N2O/c1-5-13(14-4)9-8-10-15(6-2)11-12-16-7-3/h13-14H,5-12H2,1-4H3. The Morgan fingerprint density at radius 2 is 1.94 bits per heavy atom. The van der Waals surface area contributed by atoms with E-state index in [0.29, 0.717) is 6.04 Å². The molecule has 0 heterocycles. The Morgan fingerprint density at radius 3 is 2.44 bits per heavy atom. The van der Waals surface area contributed by atoms with Crippen molar-refractivity contribution in [2.45, 2.75) is 46.1 Å². The van der Waals surface area contributed by atoms with E-state index in [9.17, 15) is 0 Å². The number of likely N-dealkylation sites (N-methyl/N-ethyl adjacent to an activating group) is 1. The molecule has 0 aliphatic heterocycles. The van der Waals surface area contributed by atoms with Gasteiger partial charge in [0.15, 0.2) is 0 Å². The van der Waals surface area contributed by atoms with Crippen LogP contribution in [0.2, 0.25) is 0 Å². The molecule has 3 heteroatoms. The zero-order valence-corrected chi connectivity index (χ0v) is 11.6. The Kier molecular flexibility index (Phi) is 11.3. The highest BCUT2D eigenvalue weighted by molar-refractivity contribution is 4.64. The van der Waals surface area contributed by atoms with Crippen LogP contribution in [0.25, 0.3) is 0 Å². The second-order valence-electron chi connectivity index (χ2n) is 4.17. The smallest absolute Gasteiger partial charge is 0.0593 e. The molecule has 0 radical (unpaired) electrons. The first-order valence-electron chi connectivity index (χ1n) is 6.75. The SMILES string of the molecule is CCOCCN(CC)CCCC(CC)NC. The topological polar surface area (TPSA) is 24.5 Å². The third kappa shape index (κ3) is 8.08. The summed E-state index contributed by atoms with van der Waals surface area (Å²) >= 11 is 0. The monoisotopic (exact) mass is 230 g/mol. The molecule has 0 aliphatic carbocycles. The fraction of sp³-hybridized carbons (Fsp3) is 1.00. The minimum atomic E-state index is 0.686. The van der Waals surface area contributed by atoms with Crippen molar-refractivity contribution in [3.63, 3.8) is 0 Å². The molecule has 1 unspecified atom stereocenters. The molecule has 0 spiro atoms. The first kappa shape index (κ1) is 15.9. The third-order valence-electron chi connectivity index (χ3n) is 3.13. The molecule has 1 atom stereocenters. The fourth-order valence-electron chi connectivity index (χ4n) is 1.88. The van der Waals surface area contributed by atoms with Crippen LogP contribution in [0.1, 0.15) is 40.0 Å². The molecule has 0 bridgehead atoms. The molecule has 16 heavy (non-hydrogen) atoms. The van der Waals surface area contributed by atoms with Crippen LogP contribution in [-0.4, -0.2) is 50.8 Å². The highest BCUT2D eigenvalue weighted by Crippen LogP contribution is 2.02. The first-order valence-corrected chi connectivity index (χ1v) is 6.75. The lowest BCUT2D eigenvalue weighted by Gasteiger charge is -2.21. The zero-order valence-electron chi connectivity index (χ0n) is 11.6. The van der Waals surface area contributed by atoms with E-state index in [1.54, 1.807) is 0 Å². The number of nitrogens with one attached hydrogen (secondary N) is 1. The Morgan fingerprint density at radius 1 is 1.19 bits per heavy atom. The molecule has 3 nitrogen and oxygen atoms in total. The van der Waals surface area contributed by atoms with Gasteiger partial charge in [0, 0.05) is 19.2 Å². The molecule has 0 aliphatic rings. The van der Waals surface area contributed by atoms with E-state index in [0.717, 1.165) is 26.3 Å². The number of nitrogens with zero attached hydrogens (tertiary/aromatic N) is 1. The highest BCUT2D eigenvalue weighted by Gasteiger charge is 2.05. The number of hydrogen-bond donors (Lipinski definition) is 1. The van der Waals surface area contributed by atoms with Gasteiger partial charge >= 0.3 is 0 Å². The number of rotatable bonds is 11. The quantitative estimate of drug-likeness (QED) is 0.550. The summed E-state index contributed by atoms with van der Waals surface area (Å²) in [5.41, 5.74) is 0. The van der Waals surface area contributed by atoms with Crippen LogP contribution in [-0.2, 0) is 4.74 Å². The predicted octanol–water partition coefficient (Wildman–Crippen LogP) is 2.12. The molecule has 0 amide bonds. The number of hydrogen-bond acceptors (Lipinski definition) is 3. The van der Waals surface area contributed by atoms with E-state index < -0.39 is 0 Å². The van der Waals surface area contributed by atoms with Crippen molar-refractivity contribution in [1.82, 2.24) is 10.2 Å². The molecule has 0 aromatic rings. The lowest BCUT2D eigenvalue weighted by Crippen LogP contribution is -2.30. The minimum absolute atomic E-state index is 0.686. The highest BCUT2D eigenvalue weighted by atomic mass is 16.5. The summed E-state index contributed by atoms with van der Waals surface area (Å²) in [5.74, 6) is 0. The maximum atomic E-state index is 5.38. The van der Waals surface area contributed by atoms with Gasteiger partial charge in [0.25, 0.3) is 0 Å². The molecule has 0 aromatic heterocycles. The first-order chi connectivity index (χ1) is 7.78. The van der Waals surface area contributed by atoms with Crippen molar-refractivity contribution in [2.75, 3.05) is 39.9 Å². The Labute approximate surface area is 102 Å². The van der Waals surface area contributed by atoms with Crippen molar-refractivity contribution in [1.29, 1.82) is 0 Å². The van der Waals surface area contributed by atoms with Crippen LogP contribution in [0, 0.1) is 0 Å². The number of ether oxygens (including phenoxy) is 1. The average Bonchev–Trinajstić information content (AvgIpc) is 2.32. The van der Waals surface area contributed by atoms with Gasteiger partial charge in [0.1, 0.15) is 0 Å². The van der Waals surface area contributed by atoms with Crippen LogP contribution in [0.4, 0.5) is 0 Å². The molecular formula is C13H30N2O. The summed E-state index contributed by atoms with van der Waals surface area (Å²) in [4.78, 5) is 2.47. The van der Waals surface area contributed by atoms with Crippen LogP contribution >= 0.6 is 0 Å². The van der Waals surface area contributed by atoms with Gasteiger partial charge in [-0.3, -0.25) is 0 Å². The largest absolute Gasteiger partial charge is 0.380 e. The van der Waals surface area contributed by atoms with Crippen molar-refractivity contribution >= 4 is 0 Å². The summed E-state index contributed by atoms with van der Waals surface area (Å²) in [6.45, 7) is 11.6. The molecule has 0 rings (SSSR count). The molecule has 98 valence electrons. The maximum Gasteiger partial charge on any atom is 0.0593 e. The molecular weight excluding hydrogens is 200 g/mol. The van der Waals surface area contributed by atoms with Crippen LogP contribution in [0.15, 0.2) is 0 Å². The van der Waals surface area contributed by atoms with Gasteiger partial charge in [-0.25, -0.2) is 0 Å². The average molecular weight is 230 g/mol. The second kappa shape index (κ2) is 11.4. The molecule has 1 N–H and O–H groups in total. The second-order valence-corrected chi connectivity index (χ2v) is 4.17. The van der Waals surface area contributed by atoms with Crippen LogP contribution in [0.5, 0.6) is 0 Å². The Bertz CT molecular complexity index is 138. The van der Waals surface area contributed by atoms with Gasteiger partial charge in [0.2, 0.25) is 0 Å². The van der Waals surface area contributed by atoms with E-state index in [1.165, 1.54) is 25.8 Å². The van der Waals surface area contributed by atoms with E-state index in [1.807, 2.05) is 0 Å². The summed E-state index contributed by atoms with van der Waals surface area (Å²) in [6, 6.07) is 0.686. The van der Waals surface area contributed by atoms with E-state index in [2.05, 4.69) is 38.0 Å². The van der Waals surface area contributed by atoms with Crippen LogP contribution < -0.4 is 5.32 Å². The van der Waals surface area contributed by atoms with Crippen LogP contribution in [0.3, 0.4) is 0 Å². The Hall–Kier alpha value is -0.120. The zero-order chi connectivity index (χ0) is 12.2. The molecule has 0 fully saturated rings. The van der Waals surface area contributed by atoms with Gasteiger partial charge in [-0.05, 0) is 46.3 Å².